The van der Waals surface area contributed by atoms with E-state index in [-0.39, 0.29) is 11.9 Å². The van der Waals surface area contributed by atoms with Gasteiger partial charge in [0.1, 0.15) is 0 Å². The summed E-state index contributed by atoms with van der Waals surface area (Å²) in [4.78, 5) is 16.7. The van der Waals surface area contributed by atoms with Gasteiger partial charge in [-0.3, -0.25) is 9.78 Å². The van der Waals surface area contributed by atoms with Crippen molar-refractivity contribution in [3.05, 3.63) is 65.0 Å². The molecule has 3 heteroatoms. The van der Waals surface area contributed by atoms with Crippen LogP contribution in [0.1, 0.15) is 46.5 Å². The van der Waals surface area contributed by atoms with Gasteiger partial charge in [0.25, 0.3) is 0 Å². The zero-order valence-electron chi connectivity index (χ0n) is 12.2. The van der Waals surface area contributed by atoms with Crippen LogP contribution in [0.25, 0.3) is 0 Å². The van der Waals surface area contributed by atoms with Crippen molar-refractivity contribution in [3.63, 3.8) is 0 Å². The van der Waals surface area contributed by atoms with E-state index in [4.69, 9.17) is 4.74 Å². The first-order chi connectivity index (χ1) is 10.3. The Labute approximate surface area is 125 Å². The van der Waals surface area contributed by atoms with E-state index in [2.05, 4.69) is 17.1 Å². The number of aryl methyl sites for hydroxylation is 1. The number of Topliss-reactive ketones (excluding diaryl/α,β-unsaturated/α-hetero) is 1. The first kappa shape index (κ1) is 14.0. The second kappa shape index (κ2) is 6.19. The molecule has 0 saturated heterocycles. The molecule has 21 heavy (non-hydrogen) atoms. The first-order valence-corrected chi connectivity index (χ1v) is 7.45. The minimum Gasteiger partial charge on any atom is -0.373 e. The van der Waals surface area contributed by atoms with Gasteiger partial charge in [0.15, 0.2) is 5.78 Å². The molecule has 0 amide bonds. The fourth-order valence-electron chi connectivity index (χ4n) is 2.91. The lowest BCUT2D eigenvalue weighted by molar-refractivity contribution is 0.0351. The highest BCUT2D eigenvalue weighted by Crippen LogP contribution is 2.30. The molecule has 1 unspecified atom stereocenters. The van der Waals surface area contributed by atoms with Gasteiger partial charge in [-0.15, -0.1) is 0 Å². The van der Waals surface area contributed by atoms with Crippen LogP contribution in [0.4, 0.5) is 0 Å². The largest absolute Gasteiger partial charge is 0.373 e. The molecule has 1 aliphatic rings. The quantitative estimate of drug-likeness (QED) is 0.805. The van der Waals surface area contributed by atoms with Crippen LogP contribution in [0, 0.1) is 0 Å². The summed E-state index contributed by atoms with van der Waals surface area (Å²) in [6, 6.07) is 10.1. The molecule has 3 rings (SSSR count). The standard InChI is InChI=1S/C18H19NO2/c1-2-13-12-19-9-7-15(13)17(20)11-18-16-6-4-3-5-14(16)8-10-21-18/h3-7,9,12,18H,2,8,10-11H2,1H3. The molecule has 2 aromatic rings. The van der Waals surface area contributed by atoms with E-state index in [1.165, 1.54) is 5.56 Å². The maximum Gasteiger partial charge on any atom is 0.166 e. The number of fused-ring (bicyclic) bond motifs is 1. The van der Waals surface area contributed by atoms with E-state index in [1.54, 1.807) is 12.4 Å². The van der Waals surface area contributed by atoms with E-state index in [0.29, 0.717) is 13.0 Å². The highest BCUT2D eigenvalue weighted by molar-refractivity contribution is 5.97. The molecule has 0 fully saturated rings. The summed E-state index contributed by atoms with van der Waals surface area (Å²) >= 11 is 0. The minimum absolute atomic E-state index is 0.125. The summed E-state index contributed by atoms with van der Waals surface area (Å²) in [6.07, 6.45) is 5.48. The predicted molar refractivity (Wildman–Crippen MR) is 81.4 cm³/mol. The molecule has 1 aromatic heterocycles. The lowest BCUT2D eigenvalue weighted by atomic mass is 9.92. The fraction of sp³-hybridized carbons (Fsp3) is 0.333. The van der Waals surface area contributed by atoms with Gasteiger partial charge in [-0.2, -0.15) is 0 Å². The third-order valence-electron chi connectivity index (χ3n) is 4.05. The third-order valence-corrected chi connectivity index (χ3v) is 4.05. The Morgan fingerprint density at radius 3 is 3.05 bits per heavy atom. The number of hydrogen-bond acceptors (Lipinski definition) is 3. The molecule has 0 bridgehead atoms. The molecule has 0 N–H and O–H groups in total. The Bertz CT molecular complexity index is 651. The van der Waals surface area contributed by atoms with Crippen molar-refractivity contribution in [3.8, 4) is 0 Å². The minimum atomic E-state index is -0.125. The van der Waals surface area contributed by atoms with Crippen molar-refractivity contribution in [2.45, 2.75) is 32.3 Å². The molecular weight excluding hydrogens is 262 g/mol. The molecule has 3 nitrogen and oxygen atoms in total. The number of nitrogens with zero attached hydrogens (tertiary/aromatic N) is 1. The van der Waals surface area contributed by atoms with Crippen LogP contribution >= 0.6 is 0 Å². The normalized spacial score (nSPS) is 17.3. The van der Waals surface area contributed by atoms with Crippen molar-refractivity contribution in [1.29, 1.82) is 0 Å². The Morgan fingerprint density at radius 1 is 1.33 bits per heavy atom. The fourth-order valence-corrected chi connectivity index (χ4v) is 2.91. The number of benzene rings is 1. The molecule has 2 heterocycles. The summed E-state index contributed by atoms with van der Waals surface area (Å²) in [5.74, 6) is 0.135. The van der Waals surface area contributed by atoms with Crippen LogP contribution in [-0.2, 0) is 17.6 Å². The van der Waals surface area contributed by atoms with Crippen LogP contribution < -0.4 is 0 Å². The molecular formula is C18H19NO2. The highest BCUT2D eigenvalue weighted by atomic mass is 16.5. The molecule has 1 aromatic carbocycles. The lowest BCUT2D eigenvalue weighted by Gasteiger charge is -2.25. The van der Waals surface area contributed by atoms with Gasteiger partial charge in [0.2, 0.25) is 0 Å². The highest BCUT2D eigenvalue weighted by Gasteiger charge is 2.24. The Morgan fingerprint density at radius 2 is 2.19 bits per heavy atom. The molecule has 108 valence electrons. The Kier molecular flexibility index (Phi) is 4.11. The number of pyridine rings is 1. The van der Waals surface area contributed by atoms with Crippen LogP contribution in [0.3, 0.4) is 0 Å². The monoisotopic (exact) mass is 281 g/mol. The number of aromatic nitrogens is 1. The summed E-state index contributed by atoms with van der Waals surface area (Å²) in [7, 11) is 0. The SMILES string of the molecule is CCc1cnccc1C(=O)CC1OCCc2ccccc21. The summed E-state index contributed by atoms with van der Waals surface area (Å²) in [5.41, 5.74) is 4.24. The maximum absolute atomic E-state index is 12.6. The molecule has 0 aliphatic carbocycles. The number of hydrogen-bond donors (Lipinski definition) is 0. The first-order valence-electron chi connectivity index (χ1n) is 7.45. The van der Waals surface area contributed by atoms with Crippen LogP contribution in [0.15, 0.2) is 42.7 Å². The topological polar surface area (TPSA) is 39.2 Å². The van der Waals surface area contributed by atoms with Crippen LogP contribution in [-0.4, -0.2) is 17.4 Å². The van der Waals surface area contributed by atoms with Gasteiger partial charge in [0, 0.05) is 24.4 Å². The van der Waals surface area contributed by atoms with E-state index in [1.807, 2.05) is 25.1 Å². The van der Waals surface area contributed by atoms with Gasteiger partial charge >= 0.3 is 0 Å². The number of rotatable bonds is 4. The predicted octanol–water partition coefficient (Wildman–Crippen LogP) is 3.53. The summed E-state index contributed by atoms with van der Waals surface area (Å²) in [5, 5.41) is 0. The Balaban J connectivity index is 1.83. The van der Waals surface area contributed by atoms with Crippen molar-refractivity contribution in [2.75, 3.05) is 6.61 Å². The van der Waals surface area contributed by atoms with Crippen molar-refractivity contribution in [1.82, 2.24) is 4.98 Å². The molecule has 0 radical (unpaired) electrons. The second-order valence-electron chi connectivity index (χ2n) is 5.32. The summed E-state index contributed by atoms with van der Waals surface area (Å²) in [6.45, 7) is 2.73. The van der Waals surface area contributed by atoms with E-state index in [9.17, 15) is 4.79 Å². The lowest BCUT2D eigenvalue weighted by Crippen LogP contribution is -2.19. The van der Waals surface area contributed by atoms with Gasteiger partial charge in [-0.05, 0) is 35.6 Å². The van der Waals surface area contributed by atoms with Gasteiger partial charge < -0.3 is 4.74 Å². The number of carbonyl (C=O) groups is 1. The van der Waals surface area contributed by atoms with Crippen LogP contribution in [0.2, 0.25) is 0 Å². The number of ether oxygens (including phenoxy) is 1. The zero-order valence-corrected chi connectivity index (χ0v) is 12.2. The molecule has 0 spiro atoms. The molecule has 1 atom stereocenters. The smallest absolute Gasteiger partial charge is 0.166 e. The maximum atomic E-state index is 12.6. The van der Waals surface area contributed by atoms with E-state index in [0.717, 1.165) is 29.5 Å². The van der Waals surface area contributed by atoms with Crippen molar-refractivity contribution < 1.29 is 9.53 Å². The van der Waals surface area contributed by atoms with Gasteiger partial charge in [-0.25, -0.2) is 0 Å². The van der Waals surface area contributed by atoms with Gasteiger partial charge in [0.05, 0.1) is 12.7 Å². The molecule has 0 saturated carbocycles. The van der Waals surface area contributed by atoms with Gasteiger partial charge in [-0.1, -0.05) is 31.2 Å². The molecule has 1 aliphatic heterocycles. The second-order valence-corrected chi connectivity index (χ2v) is 5.32. The average Bonchev–Trinajstić information content (AvgIpc) is 2.55. The number of carbonyl (C=O) groups excluding carboxylic acids is 1. The Hall–Kier alpha value is -2.00. The van der Waals surface area contributed by atoms with Crippen molar-refractivity contribution in [2.24, 2.45) is 0 Å². The zero-order chi connectivity index (χ0) is 14.7. The van der Waals surface area contributed by atoms with Crippen LogP contribution in [0.5, 0.6) is 0 Å². The van der Waals surface area contributed by atoms with Crippen molar-refractivity contribution >= 4 is 5.78 Å². The average molecular weight is 281 g/mol. The van der Waals surface area contributed by atoms with E-state index < -0.39 is 0 Å². The van der Waals surface area contributed by atoms with E-state index >= 15 is 0 Å². The third kappa shape index (κ3) is 2.88. The number of ketones is 1. The summed E-state index contributed by atoms with van der Waals surface area (Å²) < 4.78 is 5.83.